The number of methoxy groups -OCH3 is 1. The zero-order valence-corrected chi connectivity index (χ0v) is 14.6. The van der Waals surface area contributed by atoms with E-state index in [1.165, 1.54) is 0 Å². The second kappa shape index (κ2) is 9.07. The number of nitrogens with zero attached hydrogens (tertiary/aromatic N) is 3. The number of morpholine rings is 1. The highest BCUT2D eigenvalue weighted by molar-refractivity contribution is 5.79. The molecule has 2 fully saturated rings. The van der Waals surface area contributed by atoms with Gasteiger partial charge in [0.05, 0.1) is 19.8 Å². The van der Waals surface area contributed by atoms with E-state index >= 15 is 0 Å². The molecule has 1 amide bonds. The third kappa shape index (κ3) is 4.65. The van der Waals surface area contributed by atoms with Gasteiger partial charge in [-0.2, -0.15) is 0 Å². The molecule has 1 aromatic rings. The van der Waals surface area contributed by atoms with Gasteiger partial charge in [0, 0.05) is 45.5 Å². The Kier molecular flexibility index (Phi) is 6.55. The highest BCUT2D eigenvalue weighted by Crippen LogP contribution is 2.27. The summed E-state index contributed by atoms with van der Waals surface area (Å²) in [4.78, 5) is 23.8. The Morgan fingerprint density at radius 3 is 3.00 bits per heavy atom. The van der Waals surface area contributed by atoms with Gasteiger partial charge in [-0.1, -0.05) is 0 Å². The first-order valence-electron chi connectivity index (χ1n) is 8.81. The van der Waals surface area contributed by atoms with Gasteiger partial charge in [-0.25, -0.2) is 9.97 Å². The SMILES string of the molecule is COCCNc1ccnc(C2COCCN2C(=O)C2CCOCC2)n1. The Labute approximate surface area is 147 Å². The minimum absolute atomic E-state index is 0.0253. The van der Waals surface area contributed by atoms with E-state index in [9.17, 15) is 4.79 Å². The van der Waals surface area contributed by atoms with E-state index in [2.05, 4.69) is 15.3 Å². The fourth-order valence-corrected chi connectivity index (χ4v) is 3.17. The van der Waals surface area contributed by atoms with Crippen LogP contribution in [0.1, 0.15) is 24.7 Å². The largest absolute Gasteiger partial charge is 0.383 e. The molecule has 138 valence electrons. The Morgan fingerprint density at radius 2 is 2.20 bits per heavy atom. The van der Waals surface area contributed by atoms with Gasteiger partial charge in [0.2, 0.25) is 5.91 Å². The van der Waals surface area contributed by atoms with E-state index in [1.807, 2.05) is 11.0 Å². The summed E-state index contributed by atoms with van der Waals surface area (Å²) in [6, 6.07) is 1.57. The van der Waals surface area contributed by atoms with Gasteiger partial charge in [0.1, 0.15) is 11.9 Å². The molecule has 0 radical (unpaired) electrons. The van der Waals surface area contributed by atoms with Crippen molar-refractivity contribution in [3.8, 4) is 0 Å². The van der Waals surface area contributed by atoms with Crippen LogP contribution in [0.3, 0.4) is 0 Å². The average molecular weight is 350 g/mol. The van der Waals surface area contributed by atoms with Crippen molar-refractivity contribution in [1.29, 1.82) is 0 Å². The summed E-state index contributed by atoms with van der Waals surface area (Å²) in [5.41, 5.74) is 0. The van der Waals surface area contributed by atoms with E-state index in [4.69, 9.17) is 14.2 Å². The molecule has 1 N–H and O–H groups in total. The van der Waals surface area contributed by atoms with E-state index < -0.39 is 0 Å². The van der Waals surface area contributed by atoms with Crippen LogP contribution in [-0.2, 0) is 19.0 Å². The molecule has 0 aliphatic carbocycles. The minimum Gasteiger partial charge on any atom is -0.383 e. The monoisotopic (exact) mass is 350 g/mol. The highest BCUT2D eigenvalue weighted by atomic mass is 16.5. The molecule has 1 atom stereocenters. The number of rotatable bonds is 6. The van der Waals surface area contributed by atoms with Gasteiger partial charge in [0.25, 0.3) is 0 Å². The normalized spacial score (nSPS) is 22.0. The van der Waals surface area contributed by atoms with Crippen LogP contribution in [-0.4, -0.2) is 74.0 Å². The second-order valence-corrected chi connectivity index (χ2v) is 6.23. The van der Waals surface area contributed by atoms with Crippen LogP contribution in [0, 0.1) is 5.92 Å². The van der Waals surface area contributed by atoms with Gasteiger partial charge in [0.15, 0.2) is 5.82 Å². The molecule has 2 saturated heterocycles. The second-order valence-electron chi connectivity index (χ2n) is 6.23. The highest BCUT2D eigenvalue weighted by Gasteiger charge is 2.35. The third-order valence-corrected chi connectivity index (χ3v) is 4.57. The number of hydrogen-bond acceptors (Lipinski definition) is 7. The molecule has 0 aromatic carbocycles. The van der Waals surface area contributed by atoms with E-state index in [-0.39, 0.29) is 17.9 Å². The Balaban J connectivity index is 1.71. The molecule has 8 nitrogen and oxygen atoms in total. The van der Waals surface area contributed by atoms with Crippen LogP contribution < -0.4 is 5.32 Å². The lowest BCUT2D eigenvalue weighted by Crippen LogP contribution is -2.47. The fourth-order valence-electron chi connectivity index (χ4n) is 3.17. The molecule has 1 aromatic heterocycles. The predicted molar refractivity (Wildman–Crippen MR) is 91.2 cm³/mol. The summed E-state index contributed by atoms with van der Waals surface area (Å²) >= 11 is 0. The molecule has 2 aliphatic heterocycles. The molecular formula is C17H26N4O4. The number of nitrogens with one attached hydrogen (secondary N) is 1. The molecule has 3 heterocycles. The lowest BCUT2D eigenvalue weighted by atomic mass is 9.97. The molecule has 8 heteroatoms. The summed E-state index contributed by atoms with van der Waals surface area (Å²) in [6.07, 6.45) is 3.27. The molecular weight excluding hydrogens is 324 g/mol. The van der Waals surface area contributed by atoms with Crippen LogP contribution >= 0.6 is 0 Å². The number of aromatic nitrogens is 2. The van der Waals surface area contributed by atoms with Crippen LogP contribution in [0.15, 0.2) is 12.3 Å². The average Bonchev–Trinajstić information content (AvgIpc) is 2.68. The molecule has 0 saturated carbocycles. The maximum Gasteiger partial charge on any atom is 0.226 e. The number of ether oxygens (including phenoxy) is 3. The van der Waals surface area contributed by atoms with Crippen molar-refractivity contribution in [2.24, 2.45) is 5.92 Å². The number of carbonyl (C=O) groups is 1. The topological polar surface area (TPSA) is 85.8 Å². The van der Waals surface area contributed by atoms with Crippen LogP contribution in [0.2, 0.25) is 0 Å². The van der Waals surface area contributed by atoms with Crippen LogP contribution in [0.25, 0.3) is 0 Å². The maximum absolute atomic E-state index is 13.0. The van der Waals surface area contributed by atoms with Gasteiger partial charge in [-0.3, -0.25) is 4.79 Å². The lowest BCUT2D eigenvalue weighted by Gasteiger charge is -2.37. The van der Waals surface area contributed by atoms with Crippen LogP contribution in [0.4, 0.5) is 5.82 Å². The summed E-state index contributed by atoms with van der Waals surface area (Å²) in [5.74, 6) is 1.53. The molecule has 25 heavy (non-hydrogen) atoms. The zero-order chi connectivity index (χ0) is 17.5. The van der Waals surface area contributed by atoms with Crippen molar-refractivity contribution in [2.75, 3.05) is 58.6 Å². The van der Waals surface area contributed by atoms with Gasteiger partial charge >= 0.3 is 0 Å². The molecule has 0 spiro atoms. The van der Waals surface area contributed by atoms with Crippen molar-refractivity contribution in [2.45, 2.75) is 18.9 Å². The van der Waals surface area contributed by atoms with Crippen molar-refractivity contribution < 1.29 is 19.0 Å². The molecule has 0 bridgehead atoms. The van der Waals surface area contributed by atoms with Gasteiger partial charge in [-0.15, -0.1) is 0 Å². The third-order valence-electron chi connectivity index (χ3n) is 4.57. The summed E-state index contributed by atoms with van der Waals surface area (Å²) in [7, 11) is 1.66. The van der Waals surface area contributed by atoms with Crippen molar-refractivity contribution in [3.63, 3.8) is 0 Å². The van der Waals surface area contributed by atoms with Crippen molar-refractivity contribution in [3.05, 3.63) is 18.1 Å². The maximum atomic E-state index is 13.0. The van der Waals surface area contributed by atoms with Crippen molar-refractivity contribution in [1.82, 2.24) is 14.9 Å². The first-order valence-corrected chi connectivity index (χ1v) is 8.81. The van der Waals surface area contributed by atoms with Crippen molar-refractivity contribution >= 4 is 11.7 Å². The van der Waals surface area contributed by atoms with Gasteiger partial charge < -0.3 is 24.4 Å². The van der Waals surface area contributed by atoms with E-state index in [0.717, 1.165) is 18.7 Å². The number of carbonyl (C=O) groups excluding carboxylic acids is 1. The van der Waals surface area contributed by atoms with E-state index in [0.29, 0.717) is 51.9 Å². The molecule has 3 rings (SSSR count). The number of amides is 1. The molecule has 1 unspecified atom stereocenters. The minimum atomic E-state index is -0.242. The standard InChI is InChI=1S/C17H26N4O4/c1-23-10-6-18-15-2-5-19-16(20-15)14-12-25-11-7-21(14)17(22)13-3-8-24-9-4-13/h2,5,13-14H,3-4,6-12H2,1H3,(H,18,19,20). The predicted octanol–water partition coefficient (Wildman–Crippen LogP) is 0.861. The summed E-state index contributed by atoms with van der Waals surface area (Å²) in [5, 5.41) is 3.20. The van der Waals surface area contributed by atoms with E-state index in [1.54, 1.807) is 13.3 Å². The summed E-state index contributed by atoms with van der Waals surface area (Å²) in [6.45, 7) is 4.12. The number of hydrogen-bond donors (Lipinski definition) is 1. The zero-order valence-electron chi connectivity index (χ0n) is 14.6. The smallest absolute Gasteiger partial charge is 0.226 e. The van der Waals surface area contributed by atoms with Crippen LogP contribution in [0.5, 0.6) is 0 Å². The molecule has 2 aliphatic rings. The van der Waals surface area contributed by atoms with Gasteiger partial charge in [-0.05, 0) is 18.9 Å². The Bertz CT molecular complexity index is 565. The Hall–Kier alpha value is -1.77. The fraction of sp³-hybridized carbons (Fsp3) is 0.706. The lowest BCUT2D eigenvalue weighted by molar-refractivity contribution is -0.148. The summed E-state index contributed by atoms with van der Waals surface area (Å²) < 4.78 is 16.0. The first kappa shape index (κ1) is 18.0. The Morgan fingerprint density at radius 1 is 1.36 bits per heavy atom. The first-order chi connectivity index (χ1) is 12.3. The number of anilines is 1. The quantitative estimate of drug-likeness (QED) is 0.762.